The van der Waals surface area contributed by atoms with Gasteiger partial charge in [0.15, 0.2) is 0 Å². The number of nitrogens with zero attached hydrogens (tertiary/aromatic N) is 3. The van der Waals surface area contributed by atoms with Crippen molar-refractivity contribution in [3.8, 4) is 0 Å². The van der Waals surface area contributed by atoms with E-state index in [1.165, 1.54) is 19.3 Å². The first-order valence-electron chi connectivity index (χ1n) is 11.0. The van der Waals surface area contributed by atoms with Crippen molar-refractivity contribution in [2.75, 3.05) is 25.9 Å². The van der Waals surface area contributed by atoms with Crippen LogP contribution in [0.3, 0.4) is 0 Å². The average Bonchev–Trinajstić information content (AvgIpc) is 3.24. The molecule has 2 saturated heterocycles. The number of likely N-dealkylation sites (tertiary alicyclic amines) is 1. The van der Waals surface area contributed by atoms with Crippen molar-refractivity contribution in [3.63, 3.8) is 0 Å². The van der Waals surface area contributed by atoms with Crippen LogP contribution in [0.5, 0.6) is 0 Å². The Bertz CT molecular complexity index is 1020. The zero-order chi connectivity index (χ0) is 22.3. The van der Waals surface area contributed by atoms with Gasteiger partial charge >= 0.3 is 0 Å². The molecule has 0 N–H and O–H groups in total. The smallest absolute Gasteiger partial charge is 0.254 e. The maximum absolute atomic E-state index is 13.5. The molecule has 0 radical (unpaired) electrons. The molecule has 1 aromatic rings. The summed E-state index contributed by atoms with van der Waals surface area (Å²) in [5.41, 5.74) is 2.10. The van der Waals surface area contributed by atoms with Crippen LogP contribution in [0, 0.1) is 11.8 Å². The van der Waals surface area contributed by atoms with E-state index in [1.807, 2.05) is 32.0 Å². The predicted octanol–water partition coefficient (Wildman–Crippen LogP) is 2.88. The Morgan fingerprint density at radius 3 is 2.47 bits per heavy atom. The molecule has 7 nitrogen and oxygen atoms in total. The third-order valence-electron chi connectivity index (χ3n) is 6.54. The van der Waals surface area contributed by atoms with Crippen molar-refractivity contribution in [3.05, 3.63) is 47.2 Å². The lowest BCUT2D eigenvalue weighted by molar-refractivity contribution is -0.128. The number of rotatable bonds is 5. The highest BCUT2D eigenvalue weighted by molar-refractivity contribution is 7.89. The number of hydrogen-bond donors (Lipinski definition) is 0. The molecule has 0 spiro atoms. The summed E-state index contributed by atoms with van der Waals surface area (Å²) in [6.07, 6.45) is 6.45. The quantitative estimate of drug-likeness (QED) is 0.646. The molecule has 1 aromatic carbocycles. The Morgan fingerprint density at radius 2 is 1.84 bits per heavy atom. The zero-order valence-electron chi connectivity index (χ0n) is 18.9. The fourth-order valence-electron chi connectivity index (χ4n) is 5.12. The first-order chi connectivity index (χ1) is 14.7. The average molecular weight is 482 g/mol. The predicted molar refractivity (Wildman–Crippen MR) is 126 cm³/mol. The first kappa shape index (κ1) is 24.7. The Morgan fingerprint density at radius 1 is 1.16 bits per heavy atom. The fraction of sp³-hybridized carbons (Fsp3) is 0.565. The molecule has 0 unspecified atom stereocenters. The molecule has 32 heavy (non-hydrogen) atoms. The van der Waals surface area contributed by atoms with Crippen molar-refractivity contribution < 1.29 is 18.0 Å². The van der Waals surface area contributed by atoms with Gasteiger partial charge in [-0.25, -0.2) is 12.7 Å². The Balaban J connectivity index is 0.00000289. The summed E-state index contributed by atoms with van der Waals surface area (Å²) in [7, 11) is -3.74. The van der Waals surface area contributed by atoms with Gasteiger partial charge in [0.05, 0.1) is 23.9 Å². The van der Waals surface area contributed by atoms with E-state index in [0.717, 1.165) is 35.8 Å². The lowest BCUT2D eigenvalue weighted by Gasteiger charge is -2.29. The molecule has 0 saturated carbocycles. The Hall–Kier alpha value is -1.90. The zero-order valence-corrected chi connectivity index (χ0v) is 20.5. The van der Waals surface area contributed by atoms with Gasteiger partial charge in [-0.3, -0.25) is 14.5 Å². The maximum Gasteiger partial charge on any atom is 0.254 e. The van der Waals surface area contributed by atoms with Gasteiger partial charge in [0, 0.05) is 18.7 Å². The van der Waals surface area contributed by atoms with Crippen molar-refractivity contribution >= 4 is 34.2 Å². The molecule has 0 aromatic heterocycles. The summed E-state index contributed by atoms with van der Waals surface area (Å²) in [5, 5.41) is 0. The van der Waals surface area contributed by atoms with E-state index in [0.29, 0.717) is 17.8 Å². The van der Waals surface area contributed by atoms with E-state index >= 15 is 0 Å². The molecular formula is C23H32ClN3O4S. The van der Waals surface area contributed by atoms with E-state index in [2.05, 4.69) is 4.90 Å². The molecule has 0 bridgehead atoms. The number of benzene rings is 1. The minimum Gasteiger partial charge on any atom is -0.325 e. The molecule has 2 amide bonds. The van der Waals surface area contributed by atoms with Gasteiger partial charge < -0.3 is 4.90 Å². The summed E-state index contributed by atoms with van der Waals surface area (Å²) in [6, 6.07) is 7.14. The Kier molecular flexibility index (Phi) is 7.37. The molecule has 3 heterocycles. The monoisotopic (exact) mass is 481 g/mol. The van der Waals surface area contributed by atoms with E-state index in [4.69, 9.17) is 0 Å². The number of carbonyl (C=O) groups is 2. The van der Waals surface area contributed by atoms with Crippen LogP contribution < -0.4 is 0 Å². The van der Waals surface area contributed by atoms with Crippen LogP contribution in [0.1, 0.15) is 49.0 Å². The first-order valence-corrected chi connectivity index (χ1v) is 12.9. The van der Waals surface area contributed by atoms with Crippen LogP contribution in [-0.2, 0) is 21.4 Å². The highest BCUT2D eigenvalue weighted by atomic mass is 35.5. The van der Waals surface area contributed by atoms with Crippen LogP contribution in [0.4, 0.5) is 0 Å². The number of hydrogen-bond acceptors (Lipinski definition) is 5. The molecule has 3 aliphatic heterocycles. The second kappa shape index (κ2) is 9.53. The van der Waals surface area contributed by atoms with Crippen LogP contribution in [0.25, 0.3) is 0 Å². The molecule has 9 heteroatoms. The van der Waals surface area contributed by atoms with Gasteiger partial charge in [0.2, 0.25) is 15.9 Å². The lowest BCUT2D eigenvalue weighted by atomic mass is 9.89. The molecule has 4 rings (SSSR count). The van der Waals surface area contributed by atoms with Crippen LogP contribution >= 0.6 is 12.4 Å². The summed E-state index contributed by atoms with van der Waals surface area (Å²) in [6.45, 7) is 7.08. The number of amides is 2. The SMILES string of the molecule is CC(C)[C@H]1C(=O)N(S(C)(=O)=O)C2=CCN(C(=O)c3cccc(CN4CCCCC4)c3)[C@@H]21.Cl. The van der Waals surface area contributed by atoms with Gasteiger partial charge in [0.25, 0.3) is 5.91 Å². The van der Waals surface area contributed by atoms with Crippen molar-refractivity contribution in [2.24, 2.45) is 11.8 Å². The summed E-state index contributed by atoms with van der Waals surface area (Å²) in [5.74, 6) is -1.26. The molecule has 2 atom stereocenters. The van der Waals surface area contributed by atoms with Gasteiger partial charge in [-0.15, -0.1) is 12.4 Å². The highest BCUT2D eigenvalue weighted by Gasteiger charge is 2.54. The van der Waals surface area contributed by atoms with Crippen molar-refractivity contribution in [1.82, 2.24) is 14.1 Å². The van der Waals surface area contributed by atoms with Gasteiger partial charge in [0.1, 0.15) is 0 Å². The number of piperidine rings is 1. The second-order valence-corrected chi connectivity index (χ2v) is 11.0. The standard InChI is InChI=1S/C23H31N3O4S.ClH/c1-16(2)20-21-19(26(23(20)28)31(3,29)30)10-13-25(21)22(27)18-9-7-8-17(14-18)15-24-11-5-4-6-12-24;/h7-10,14,16,20-21H,4-6,11-13,15H2,1-3H3;1H/t20-,21+;/m1./s1. The minimum absolute atomic E-state index is 0. The topological polar surface area (TPSA) is 78.0 Å². The van der Waals surface area contributed by atoms with E-state index < -0.39 is 27.9 Å². The number of fused-ring (bicyclic) bond motifs is 1. The minimum atomic E-state index is -3.74. The molecule has 3 aliphatic rings. The summed E-state index contributed by atoms with van der Waals surface area (Å²) in [4.78, 5) is 30.5. The molecule has 2 fully saturated rings. The van der Waals surface area contributed by atoms with Gasteiger partial charge in [-0.1, -0.05) is 32.4 Å². The number of sulfonamides is 1. The largest absolute Gasteiger partial charge is 0.325 e. The summed E-state index contributed by atoms with van der Waals surface area (Å²) >= 11 is 0. The number of halogens is 1. The molecule has 0 aliphatic carbocycles. The normalized spacial score (nSPS) is 23.9. The van der Waals surface area contributed by atoms with Crippen LogP contribution in [-0.4, -0.2) is 66.3 Å². The molecule has 176 valence electrons. The third-order valence-corrected chi connectivity index (χ3v) is 7.59. The van der Waals surface area contributed by atoms with Crippen LogP contribution in [0.2, 0.25) is 0 Å². The maximum atomic E-state index is 13.5. The van der Waals surface area contributed by atoms with Gasteiger partial charge in [-0.05, 0) is 55.6 Å². The van der Waals surface area contributed by atoms with Crippen LogP contribution in [0.15, 0.2) is 36.0 Å². The second-order valence-electron chi connectivity index (χ2n) is 9.20. The fourth-order valence-corrected chi connectivity index (χ4v) is 6.14. The van der Waals surface area contributed by atoms with Gasteiger partial charge in [-0.2, -0.15) is 0 Å². The summed E-state index contributed by atoms with van der Waals surface area (Å²) < 4.78 is 25.5. The lowest BCUT2D eigenvalue weighted by Crippen LogP contribution is -2.43. The van der Waals surface area contributed by atoms with Crippen molar-refractivity contribution in [1.29, 1.82) is 0 Å². The van der Waals surface area contributed by atoms with Crippen molar-refractivity contribution in [2.45, 2.75) is 45.7 Å². The Labute approximate surface area is 196 Å². The van der Waals surface area contributed by atoms with E-state index in [-0.39, 0.29) is 24.2 Å². The van der Waals surface area contributed by atoms with E-state index in [1.54, 1.807) is 17.0 Å². The third kappa shape index (κ3) is 4.58. The molecular weight excluding hydrogens is 450 g/mol. The van der Waals surface area contributed by atoms with E-state index in [9.17, 15) is 18.0 Å². The number of carbonyl (C=O) groups excluding carboxylic acids is 2. The highest BCUT2D eigenvalue weighted by Crippen LogP contribution is 2.41.